The molecule has 1 heteroatoms. The van der Waals surface area contributed by atoms with E-state index in [-0.39, 0.29) is 0 Å². The predicted molar refractivity (Wildman–Crippen MR) is 53.7 cm³/mol. The van der Waals surface area contributed by atoms with Crippen molar-refractivity contribution >= 4 is 12.3 Å². The van der Waals surface area contributed by atoms with E-state index < -0.39 is 0 Å². The van der Waals surface area contributed by atoms with Crippen molar-refractivity contribution in [2.24, 2.45) is 5.73 Å². The lowest BCUT2D eigenvalue weighted by Gasteiger charge is -1.92. The van der Waals surface area contributed by atoms with Crippen LogP contribution in [0.4, 0.5) is 0 Å². The van der Waals surface area contributed by atoms with Gasteiger partial charge in [0, 0.05) is 6.20 Å². The molecule has 0 heterocycles. The van der Waals surface area contributed by atoms with E-state index in [1.807, 2.05) is 18.2 Å². The maximum absolute atomic E-state index is 5.45. The molecule has 0 amide bonds. The van der Waals surface area contributed by atoms with Gasteiger partial charge in [-0.05, 0) is 17.4 Å². The van der Waals surface area contributed by atoms with Crippen molar-refractivity contribution in [3.63, 3.8) is 0 Å². The summed E-state index contributed by atoms with van der Waals surface area (Å²) in [5, 5.41) is 2.16. The Labute approximate surface area is 72.5 Å². The Morgan fingerprint density at radius 2 is 2.08 bits per heavy atom. The molecule has 0 radical (unpaired) electrons. The first-order valence-electron chi connectivity index (χ1n) is 3.89. The van der Waals surface area contributed by atoms with Gasteiger partial charge in [-0.25, -0.2) is 0 Å². The molecule has 12 heavy (non-hydrogen) atoms. The second-order valence-corrected chi connectivity index (χ2v) is 2.70. The van der Waals surface area contributed by atoms with Crippen molar-refractivity contribution in [1.29, 1.82) is 0 Å². The summed E-state index contributed by atoms with van der Waals surface area (Å²) in [6.07, 6.45) is 5.32. The highest BCUT2D eigenvalue weighted by molar-refractivity contribution is 5.39. The molecule has 0 aliphatic rings. The van der Waals surface area contributed by atoms with Gasteiger partial charge in [0.1, 0.15) is 0 Å². The molecule has 0 aliphatic heterocycles. The molecule has 1 rings (SSSR count). The molecule has 1 aromatic carbocycles. The molecule has 0 saturated heterocycles. The first-order valence-corrected chi connectivity index (χ1v) is 3.89. The lowest BCUT2D eigenvalue weighted by Crippen LogP contribution is -2.25. The van der Waals surface area contributed by atoms with Crippen LogP contribution >= 0.6 is 0 Å². The quantitative estimate of drug-likeness (QED) is 0.640. The minimum Gasteiger partial charge on any atom is -0.404 e. The maximum Gasteiger partial charge on any atom is 0.00175 e. The lowest BCUT2D eigenvalue weighted by molar-refractivity contribution is 1.39. The van der Waals surface area contributed by atoms with Crippen molar-refractivity contribution in [1.82, 2.24) is 0 Å². The van der Waals surface area contributed by atoms with Gasteiger partial charge in [-0.15, -0.1) is 0 Å². The average molecular weight is 159 g/mol. The third-order valence-corrected chi connectivity index (χ3v) is 1.72. The fourth-order valence-electron chi connectivity index (χ4n) is 1.12. The second-order valence-electron chi connectivity index (χ2n) is 2.70. The highest BCUT2D eigenvalue weighted by atomic mass is 14.5. The van der Waals surface area contributed by atoms with Crippen LogP contribution in [0.15, 0.2) is 30.9 Å². The topological polar surface area (TPSA) is 26.0 Å². The summed E-state index contributed by atoms with van der Waals surface area (Å²) in [5.41, 5.74) is 6.68. The third-order valence-electron chi connectivity index (χ3n) is 1.72. The number of rotatable bonds is 1. The van der Waals surface area contributed by atoms with Crippen molar-refractivity contribution in [2.45, 2.75) is 6.92 Å². The van der Waals surface area contributed by atoms with Crippen LogP contribution in [0.1, 0.15) is 5.56 Å². The summed E-state index contributed by atoms with van der Waals surface area (Å²) in [7, 11) is 0. The lowest BCUT2D eigenvalue weighted by atomic mass is 10.1. The van der Waals surface area contributed by atoms with E-state index in [1.54, 1.807) is 12.3 Å². The number of nitrogens with two attached hydrogens (primary N) is 1. The van der Waals surface area contributed by atoms with Gasteiger partial charge in [0.2, 0.25) is 0 Å². The van der Waals surface area contributed by atoms with Crippen LogP contribution in [0.3, 0.4) is 0 Å². The highest BCUT2D eigenvalue weighted by Gasteiger charge is 1.84. The Bertz CT molecular complexity index is 388. The minimum atomic E-state index is 1.04. The van der Waals surface area contributed by atoms with E-state index >= 15 is 0 Å². The van der Waals surface area contributed by atoms with E-state index in [0.29, 0.717) is 0 Å². The summed E-state index contributed by atoms with van der Waals surface area (Å²) in [5.74, 6) is 0. The van der Waals surface area contributed by atoms with Gasteiger partial charge in [0.25, 0.3) is 0 Å². The van der Waals surface area contributed by atoms with Gasteiger partial charge >= 0.3 is 0 Å². The van der Waals surface area contributed by atoms with E-state index in [9.17, 15) is 0 Å². The zero-order valence-corrected chi connectivity index (χ0v) is 7.25. The van der Waals surface area contributed by atoms with Crippen LogP contribution in [-0.4, -0.2) is 0 Å². The smallest absolute Gasteiger partial charge is 0.00175 e. The number of aryl methyl sites for hydroxylation is 1. The van der Waals surface area contributed by atoms with E-state index in [4.69, 9.17) is 5.73 Å². The summed E-state index contributed by atoms with van der Waals surface area (Å²) in [6, 6.07) is 6.13. The van der Waals surface area contributed by atoms with Crippen molar-refractivity contribution in [2.75, 3.05) is 0 Å². The molecule has 0 aliphatic carbocycles. The van der Waals surface area contributed by atoms with Gasteiger partial charge < -0.3 is 5.73 Å². The minimum absolute atomic E-state index is 1.04. The van der Waals surface area contributed by atoms with Crippen molar-refractivity contribution < 1.29 is 0 Å². The van der Waals surface area contributed by atoms with E-state index in [0.717, 1.165) is 10.4 Å². The molecule has 2 N–H and O–H groups in total. The largest absolute Gasteiger partial charge is 0.404 e. The van der Waals surface area contributed by atoms with Gasteiger partial charge in [-0.2, -0.15) is 0 Å². The molecular weight excluding hydrogens is 146 g/mol. The molecule has 0 unspecified atom stereocenters. The molecular formula is C11H13N. The standard InChI is InChI=1S/C11H13N/c1-3-4-10-7-9(2)5-6-11(10)8-12/h3-8H,1,12H2,2H3/b10-4-,11-8-. The fraction of sp³-hybridized carbons (Fsp3) is 0.0909. The zero-order chi connectivity index (χ0) is 8.97. The van der Waals surface area contributed by atoms with Crippen LogP contribution in [0.5, 0.6) is 0 Å². The number of benzene rings is 1. The molecule has 0 aromatic heterocycles. The molecule has 0 bridgehead atoms. The summed E-state index contributed by atoms with van der Waals surface area (Å²) in [6.45, 7) is 5.71. The summed E-state index contributed by atoms with van der Waals surface area (Å²) >= 11 is 0. The van der Waals surface area contributed by atoms with Crippen LogP contribution in [0.2, 0.25) is 0 Å². The van der Waals surface area contributed by atoms with Crippen molar-refractivity contribution in [3.05, 3.63) is 46.9 Å². The first-order chi connectivity index (χ1) is 5.77. The van der Waals surface area contributed by atoms with E-state index in [2.05, 4.69) is 19.6 Å². The van der Waals surface area contributed by atoms with Crippen LogP contribution < -0.4 is 16.2 Å². The number of hydrogen-bond acceptors (Lipinski definition) is 1. The Morgan fingerprint density at radius 1 is 1.33 bits per heavy atom. The second kappa shape index (κ2) is 3.77. The van der Waals surface area contributed by atoms with Crippen molar-refractivity contribution in [3.8, 4) is 0 Å². The maximum atomic E-state index is 5.45. The van der Waals surface area contributed by atoms with E-state index in [1.165, 1.54) is 5.56 Å². The monoisotopic (exact) mass is 159 g/mol. The Balaban J connectivity index is 3.53. The van der Waals surface area contributed by atoms with Crippen LogP contribution in [0.25, 0.3) is 12.3 Å². The molecule has 1 nitrogen and oxygen atoms in total. The summed E-state index contributed by atoms with van der Waals surface area (Å²) in [4.78, 5) is 0. The number of allylic oxidation sites excluding steroid dienone is 1. The predicted octanol–water partition coefficient (Wildman–Crippen LogP) is 0.658. The normalized spacial score (nSPS) is 13.4. The molecule has 0 fully saturated rings. The SMILES string of the molecule is C=C/C=c1/cc(C)cc/c1=C/N. The Morgan fingerprint density at radius 3 is 2.67 bits per heavy atom. The molecule has 0 saturated carbocycles. The van der Waals surface area contributed by atoms with Gasteiger partial charge in [0.05, 0.1) is 0 Å². The molecule has 0 atom stereocenters. The fourth-order valence-corrected chi connectivity index (χ4v) is 1.12. The Kier molecular flexibility index (Phi) is 2.70. The third kappa shape index (κ3) is 1.76. The van der Waals surface area contributed by atoms with Gasteiger partial charge in [0.15, 0.2) is 0 Å². The molecule has 1 aromatic rings. The molecule has 0 spiro atoms. The number of hydrogen-bond donors (Lipinski definition) is 1. The summed E-state index contributed by atoms with van der Waals surface area (Å²) < 4.78 is 0. The van der Waals surface area contributed by atoms with Crippen LogP contribution in [-0.2, 0) is 0 Å². The highest BCUT2D eigenvalue weighted by Crippen LogP contribution is 1.85. The Hall–Kier alpha value is -1.50. The molecule has 62 valence electrons. The van der Waals surface area contributed by atoms with Gasteiger partial charge in [-0.1, -0.05) is 42.5 Å². The van der Waals surface area contributed by atoms with Crippen LogP contribution in [0, 0.1) is 6.92 Å². The van der Waals surface area contributed by atoms with Gasteiger partial charge in [-0.3, -0.25) is 0 Å². The first kappa shape index (κ1) is 8.60. The zero-order valence-electron chi connectivity index (χ0n) is 7.25. The average Bonchev–Trinajstić information content (AvgIpc) is 2.05.